The minimum Gasteiger partial charge on any atom is -0.480 e. The van der Waals surface area contributed by atoms with Crippen LogP contribution in [0, 0.1) is 0 Å². The zero-order valence-electron chi connectivity index (χ0n) is 14.8. The number of hydrogen-bond donors (Lipinski definition) is 4. The zero-order valence-corrected chi connectivity index (χ0v) is 14.8. The summed E-state index contributed by atoms with van der Waals surface area (Å²) in [6.45, 7) is 0.295. The normalized spacial score (nSPS) is 11.3. The van der Waals surface area contributed by atoms with Gasteiger partial charge in [-0.1, -0.05) is 36.4 Å². The number of urea groups is 1. The highest BCUT2D eigenvalue weighted by molar-refractivity contribution is 6.00. The molecule has 0 saturated heterocycles. The summed E-state index contributed by atoms with van der Waals surface area (Å²) in [5.41, 5.74) is 11.8. The molecule has 0 spiro atoms. The average Bonchev–Trinajstić information content (AvgIpc) is 2.66. The Bertz CT molecular complexity index is 737. The molecule has 8 nitrogen and oxygen atoms in total. The smallest absolute Gasteiger partial charge is 0.327 e. The molecule has 0 saturated carbocycles. The maximum atomic E-state index is 12.9. The minimum absolute atomic E-state index is 0.0507. The van der Waals surface area contributed by atoms with E-state index in [2.05, 4.69) is 10.3 Å². The molecule has 6 N–H and O–H groups in total. The van der Waals surface area contributed by atoms with Crippen molar-refractivity contribution < 1.29 is 14.7 Å². The van der Waals surface area contributed by atoms with E-state index in [1.807, 2.05) is 36.4 Å². The zero-order chi connectivity index (χ0) is 19.6. The molecule has 1 atom stereocenters. The van der Waals surface area contributed by atoms with Crippen LogP contribution in [0.25, 0.3) is 0 Å². The third kappa shape index (κ3) is 6.03. The Kier molecular flexibility index (Phi) is 7.18. The van der Waals surface area contributed by atoms with Crippen LogP contribution in [0.4, 0.5) is 16.2 Å². The molecule has 2 aromatic rings. The first-order valence-corrected chi connectivity index (χ1v) is 8.48. The van der Waals surface area contributed by atoms with Crippen LogP contribution in [0.5, 0.6) is 0 Å². The molecular weight excluding hydrogens is 346 g/mol. The number of hydrogen-bond acceptors (Lipinski definition) is 3. The lowest BCUT2D eigenvalue weighted by atomic mass is 10.1. The predicted octanol–water partition coefficient (Wildman–Crippen LogP) is 2.04. The molecule has 1 unspecified atom stereocenters. The lowest BCUT2D eigenvalue weighted by Gasteiger charge is -2.25. The van der Waals surface area contributed by atoms with Crippen molar-refractivity contribution in [3.63, 3.8) is 0 Å². The monoisotopic (exact) mass is 369 g/mol. The fraction of sp³-hybridized carbons (Fsp3) is 0.211. The van der Waals surface area contributed by atoms with Crippen molar-refractivity contribution in [2.24, 2.45) is 16.5 Å². The molecule has 2 aromatic carbocycles. The standard InChI is InChI=1S/C19H23N5O3/c20-18(21)22-13-7-12-16(17(25)26)23-19(27)24(14-8-3-1-4-9-14)15-10-5-2-6-11-15/h1-6,8-11,16H,7,12-13H2,(H,23,27)(H,25,26)(H4,20,21,22). The number of guanidine groups is 1. The van der Waals surface area contributed by atoms with E-state index in [0.29, 0.717) is 24.3 Å². The van der Waals surface area contributed by atoms with E-state index in [0.717, 1.165) is 0 Å². The van der Waals surface area contributed by atoms with Crippen molar-refractivity contribution in [3.05, 3.63) is 60.7 Å². The molecule has 0 aliphatic heterocycles. The van der Waals surface area contributed by atoms with Gasteiger partial charge < -0.3 is 21.9 Å². The number of anilines is 2. The summed E-state index contributed by atoms with van der Waals surface area (Å²) >= 11 is 0. The third-order valence-electron chi connectivity index (χ3n) is 3.77. The minimum atomic E-state index is -1.12. The summed E-state index contributed by atoms with van der Waals surface area (Å²) in [5, 5.41) is 12.0. The first kappa shape index (κ1) is 19.8. The van der Waals surface area contributed by atoms with Crippen molar-refractivity contribution >= 4 is 29.3 Å². The van der Waals surface area contributed by atoms with Crippen molar-refractivity contribution in [1.29, 1.82) is 0 Å². The molecular formula is C19H23N5O3. The number of rotatable bonds is 8. The largest absolute Gasteiger partial charge is 0.480 e. The van der Waals surface area contributed by atoms with E-state index in [-0.39, 0.29) is 12.4 Å². The van der Waals surface area contributed by atoms with Gasteiger partial charge in [0.1, 0.15) is 6.04 Å². The van der Waals surface area contributed by atoms with E-state index >= 15 is 0 Å². The fourth-order valence-electron chi connectivity index (χ4n) is 2.51. The van der Waals surface area contributed by atoms with E-state index in [1.54, 1.807) is 24.3 Å². The molecule has 0 radical (unpaired) electrons. The number of amides is 2. The lowest BCUT2D eigenvalue weighted by molar-refractivity contribution is -0.139. The Hall–Kier alpha value is -3.55. The van der Waals surface area contributed by atoms with Gasteiger partial charge in [0, 0.05) is 6.54 Å². The molecule has 0 aromatic heterocycles. The van der Waals surface area contributed by atoms with E-state index in [4.69, 9.17) is 11.5 Å². The number of nitrogens with two attached hydrogens (primary N) is 2. The van der Waals surface area contributed by atoms with Crippen LogP contribution in [0.3, 0.4) is 0 Å². The number of para-hydroxylation sites is 2. The highest BCUT2D eigenvalue weighted by Gasteiger charge is 2.24. The average molecular weight is 369 g/mol. The summed E-state index contributed by atoms with van der Waals surface area (Å²) in [6.07, 6.45) is 0.626. The van der Waals surface area contributed by atoms with Crippen molar-refractivity contribution in [3.8, 4) is 0 Å². The number of carbonyl (C=O) groups excluding carboxylic acids is 1. The second-order valence-electron chi connectivity index (χ2n) is 5.80. The van der Waals surface area contributed by atoms with E-state index in [9.17, 15) is 14.7 Å². The van der Waals surface area contributed by atoms with Crippen LogP contribution in [-0.4, -0.2) is 35.7 Å². The molecule has 27 heavy (non-hydrogen) atoms. The number of nitrogens with one attached hydrogen (secondary N) is 1. The summed E-state index contributed by atoms with van der Waals surface area (Å²) < 4.78 is 0. The van der Waals surface area contributed by atoms with Gasteiger partial charge in [0.05, 0.1) is 11.4 Å². The number of aliphatic carboxylic acids is 1. The molecule has 0 fully saturated rings. The molecule has 142 valence electrons. The van der Waals surface area contributed by atoms with Crippen LogP contribution in [-0.2, 0) is 4.79 Å². The Labute approximate surface area is 157 Å². The number of nitrogens with zero attached hydrogens (tertiary/aromatic N) is 2. The number of carbonyl (C=O) groups is 2. The van der Waals surface area contributed by atoms with Crippen LogP contribution in [0.2, 0.25) is 0 Å². The predicted molar refractivity (Wildman–Crippen MR) is 105 cm³/mol. The Morgan fingerprint density at radius 3 is 1.96 bits per heavy atom. The van der Waals surface area contributed by atoms with Crippen LogP contribution in [0.1, 0.15) is 12.8 Å². The van der Waals surface area contributed by atoms with Crippen molar-refractivity contribution in [2.75, 3.05) is 11.4 Å². The number of aliphatic imine (C=N–C) groups is 1. The molecule has 0 bridgehead atoms. The van der Waals surface area contributed by atoms with Gasteiger partial charge in [0.2, 0.25) is 0 Å². The molecule has 2 rings (SSSR count). The second-order valence-corrected chi connectivity index (χ2v) is 5.80. The molecule has 2 amide bonds. The van der Waals surface area contributed by atoms with Gasteiger partial charge in [-0.05, 0) is 37.1 Å². The van der Waals surface area contributed by atoms with E-state index < -0.39 is 18.0 Å². The molecule has 0 aliphatic rings. The first-order valence-electron chi connectivity index (χ1n) is 8.48. The third-order valence-corrected chi connectivity index (χ3v) is 3.77. The summed E-state index contributed by atoms with van der Waals surface area (Å²) in [4.78, 5) is 29.7. The van der Waals surface area contributed by atoms with Gasteiger partial charge in [-0.15, -0.1) is 0 Å². The first-order chi connectivity index (χ1) is 13.0. The maximum absolute atomic E-state index is 12.9. The Balaban J connectivity index is 2.16. The van der Waals surface area contributed by atoms with Gasteiger partial charge in [0.15, 0.2) is 5.96 Å². The topological polar surface area (TPSA) is 134 Å². The van der Waals surface area contributed by atoms with Gasteiger partial charge in [0.25, 0.3) is 0 Å². The van der Waals surface area contributed by atoms with Gasteiger partial charge in [-0.2, -0.15) is 0 Å². The van der Waals surface area contributed by atoms with Gasteiger partial charge >= 0.3 is 12.0 Å². The SMILES string of the molecule is NC(N)=NCCCC(NC(=O)N(c1ccccc1)c1ccccc1)C(=O)O. The second kappa shape index (κ2) is 9.81. The molecule has 8 heteroatoms. The van der Waals surface area contributed by atoms with Crippen molar-refractivity contribution in [2.45, 2.75) is 18.9 Å². The van der Waals surface area contributed by atoms with Crippen LogP contribution in [0.15, 0.2) is 65.7 Å². The fourth-order valence-corrected chi connectivity index (χ4v) is 2.51. The Morgan fingerprint density at radius 1 is 1.00 bits per heavy atom. The highest BCUT2D eigenvalue weighted by atomic mass is 16.4. The molecule has 0 aliphatic carbocycles. The van der Waals surface area contributed by atoms with Crippen molar-refractivity contribution in [1.82, 2.24) is 5.32 Å². The summed E-state index contributed by atoms with van der Waals surface area (Å²) in [7, 11) is 0. The van der Waals surface area contributed by atoms with Gasteiger partial charge in [-0.3, -0.25) is 9.89 Å². The number of carboxylic acid groups (broad SMARTS) is 1. The lowest BCUT2D eigenvalue weighted by Crippen LogP contribution is -2.46. The molecule has 0 heterocycles. The summed E-state index contributed by atoms with van der Waals surface area (Å²) in [5.74, 6) is -1.17. The Morgan fingerprint density at radius 2 is 1.52 bits per heavy atom. The highest BCUT2D eigenvalue weighted by Crippen LogP contribution is 2.25. The maximum Gasteiger partial charge on any atom is 0.327 e. The number of benzene rings is 2. The van der Waals surface area contributed by atoms with Crippen LogP contribution < -0.4 is 21.7 Å². The quantitative estimate of drug-likeness (QED) is 0.321. The summed E-state index contributed by atoms with van der Waals surface area (Å²) in [6, 6.07) is 16.5. The number of carboxylic acids is 1. The van der Waals surface area contributed by atoms with Gasteiger partial charge in [-0.25, -0.2) is 9.59 Å². The van der Waals surface area contributed by atoms with Crippen LogP contribution >= 0.6 is 0 Å². The van der Waals surface area contributed by atoms with E-state index in [1.165, 1.54) is 4.90 Å².